The smallest absolute Gasteiger partial charge is 0.435 e. The topological polar surface area (TPSA) is 353 Å². The number of nitrogens with zero attached hydrogens (tertiary/aromatic N) is 4. The third-order valence-corrected chi connectivity index (χ3v) is 21.8. The number of aliphatic hydroxyl groups is 3. The van der Waals surface area contributed by atoms with Crippen molar-refractivity contribution in [1.29, 1.82) is 0 Å². The molecule has 3 saturated carbocycles. The van der Waals surface area contributed by atoms with Crippen molar-refractivity contribution in [1.82, 2.24) is 24.9 Å². The normalized spacial score (nSPS) is 27.3. The number of nitrogens with two attached hydrogens (primary N) is 1. The predicted molar refractivity (Wildman–Crippen MR) is 371 cm³/mol. The summed E-state index contributed by atoms with van der Waals surface area (Å²) in [5, 5.41) is 48.6. The molecule has 1 saturated heterocycles. The van der Waals surface area contributed by atoms with E-state index in [-0.39, 0.29) is 83.4 Å². The molecule has 1 aromatic heterocycles. The van der Waals surface area contributed by atoms with Crippen LogP contribution in [0.5, 0.6) is 0 Å². The molecule has 7 N–H and O–H groups in total. The number of hydrogen-bond acceptors (Lipinski definition) is 21. The molecular weight excluding hydrogens is 1370 g/mol. The van der Waals surface area contributed by atoms with E-state index in [0.717, 1.165) is 11.6 Å². The molecule has 4 amide bonds. The quantitative estimate of drug-likeness (QED) is 0.0195. The van der Waals surface area contributed by atoms with Crippen LogP contribution in [0, 0.1) is 22.2 Å². The van der Waals surface area contributed by atoms with Gasteiger partial charge in [-0.15, -0.1) is 0 Å². The Kier molecular flexibility index (Phi) is 22.6. The first kappa shape index (κ1) is 78.7. The van der Waals surface area contributed by atoms with E-state index in [2.05, 4.69) is 15.7 Å². The van der Waals surface area contributed by atoms with Gasteiger partial charge in [-0.25, -0.2) is 28.7 Å². The Labute approximate surface area is 607 Å². The number of ether oxygens (including phenoxy) is 7. The Morgan fingerprint density at radius 3 is 2.02 bits per heavy atom. The number of rotatable bonds is 21. The number of benzene rings is 3. The fourth-order valence-electron chi connectivity index (χ4n) is 16.2. The molecular formula is C76H96F3N7O19. The van der Waals surface area contributed by atoms with Crippen LogP contribution in [-0.4, -0.2) is 188 Å². The number of fused-ring (bicyclic) bond motifs is 6. The molecule has 570 valence electrons. The lowest BCUT2D eigenvalue weighted by Crippen LogP contribution is -2.81. The van der Waals surface area contributed by atoms with Crippen molar-refractivity contribution in [3.8, 4) is 5.69 Å². The third kappa shape index (κ3) is 16.0. The molecule has 6 aliphatic rings. The van der Waals surface area contributed by atoms with Gasteiger partial charge in [0.2, 0.25) is 6.10 Å². The Bertz CT molecular complexity index is 4020. The Hall–Kier alpha value is -8.93. The van der Waals surface area contributed by atoms with Gasteiger partial charge in [0, 0.05) is 70.5 Å². The molecule has 29 heteroatoms. The van der Waals surface area contributed by atoms with Gasteiger partial charge in [0.15, 0.2) is 22.9 Å². The number of ketones is 2. The molecule has 2 bridgehead atoms. The van der Waals surface area contributed by atoms with Crippen LogP contribution in [0.4, 0.5) is 33.2 Å². The van der Waals surface area contributed by atoms with E-state index in [1.807, 2.05) is 0 Å². The minimum Gasteiger partial charge on any atom is -0.455 e. The summed E-state index contributed by atoms with van der Waals surface area (Å²) in [6.07, 6.45) is -15.1. The molecule has 3 aromatic carbocycles. The first-order chi connectivity index (χ1) is 49.1. The first-order valence-electron chi connectivity index (χ1n) is 35.5. The number of alkyl halides is 3. The van der Waals surface area contributed by atoms with Crippen LogP contribution in [-0.2, 0) is 60.1 Å². The van der Waals surface area contributed by atoms with E-state index in [0.29, 0.717) is 57.9 Å². The lowest BCUT2D eigenvalue weighted by atomic mass is 9.44. The highest BCUT2D eigenvalue weighted by molar-refractivity contribution is 6.01. The maximum absolute atomic E-state index is 15.5. The van der Waals surface area contributed by atoms with Gasteiger partial charge in [-0.3, -0.25) is 19.2 Å². The average Bonchev–Trinajstić information content (AvgIpc) is 1.10. The lowest BCUT2D eigenvalue weighted by Gasteiger charge is -2.67. The molecule has 4 fully saturated rings. The van der Waals surface area contributed by atoms with Crippen LogP contribution in [0.15, 0.2) is 90.0 Å². The van der Waals surface area contributed by atoms with Gasteiger partial charge in [-0.2, -0.15) is 18.3 Å². The standard InChI is InChI=1S/C76H96F3N7O19/c1-41-52(39-75(98)63(103-65(93)44-25-19-16-20-26-44)60-73(10,62(91)58(90)56(41)72(75,8)9)53(89)36-54-74(60,40-99-54)104-42(2)87)101-66(94)59(57(43-23-17-15-18-24-43)82-67(95)105-70(3,4)5)102-69(97)85(12)34-22-14-13-21-33-84(11)68(96)100-47-30-27-45(28-31-47)81-49-35-46(29-32-48(49)64(80)92)86-50-37-71(6,7)38-51(88)55(50)61(83-86)76(77,78)79/h15-20,23-26,29,32,35,45,47,52-54,57-60,63,81,89-90,98H,13-14,21-22,27-28,30-31,33-34,36-40H2,1-12H3,(H2,80,92)(H,82,95)/t45?,47?,52-,53-,54+,57-,58+,59+,60?,63-,73+,74-,75+/m0/s1. The monoisotopic (exact) mass is 1470 g/mol. The maximum Gasteiger partial charge on any atom is 0.435 e. The molecule has 5 aliphatic carbocycles. The summed E-state index contributed by atoms with van der Waals surface area (Å²) < 4.78 is 86.5. The zero-order chi connectivity index (χ0) is 76.8. The number of Topliss-reactive ketones (excluding diaryl/α,β-unsaturated/α-hetero) is 2. The van der Waals surface area contributed by atoms with Crippen molar-refractivity contribution in [3.05, 3.63) is 124 Å². The Morgan fingerprint density at radius 2 is 1.44 bits per heavy atom. The highest BCUT2D eigenvalue weighted by Crippen LogP contribution is 2.64. The van der Waals surface area contributed by atoms with E-state index < -0.39 is 165 Å². The second-order valence-electron chi connectivity index (χ2n) is 31.3. The number of alkyl carbamates (subject to hydrolysis) is 1. The fourth-order valence-corrected chi connectivity index (χ4v) is 16.2. The van der Waals surface area contributed by atoms with E-state index in [1.165, 1.54) is 74.9 Å². The van der Waals surface area contributed by atoms with E-state index in [4.69, 9.17) is 38.9 Å². The average molecular weight is 1470 g/mol. The van der Waals surface area contributed by atoms with Crippen molar-refractivity contribution in [2.75, 3.05) is 39.1 Å². The number of primary amides is 1. The number of carbonyl (C=O) groups excluding carboxylic acids is 9. The van der Waals surface area contributed by atoms with Gasteiger partial charge < -0.3 is 74.6 Å². The summed E-state index contributed by atoms with van der Waals surface area (Å²) in [5.41, 5.74) is -4.95. The van der Waals surface area contributed by atoms with E-state index in [1.54, 1.807) is 90.2 Å². The number of aliphatic hydroxyl groups excluding tert-OH is 2. The number of aromatic nitrogens is 2. The number of amides is 4. The molecule has 105 heavy (non-hydrogen) atoms. The number of esters is 3. The molecule has 2 heterocycles. The van der Waals surface area contributed by atoms with Gasteiger partial charge >= 0.3 is 42.4 Å². The summed E-state index contributed by atoms with van der Waals surface area (Å²) in [6.45, 7) is 15.5. The molecule has 0 spiro atoms. The van der Waals surface area contributed by atoms with Crippen LogP contribution in [0.1, 0.15) is 194 Å². The highest BCUT2D eigenvalue weighted by atomic mass is 19.4. The zero-order valence-electron chi connectivity index (χ0n) is 61.3. The summed E-state index contributed by atoms with van der Waals surface area (Å²) in [4.78, 5) is 129. The molecule has 1 unspecified atom stereocenters. The van der Waals surface area contributed by atoms with Crippen molar-refractivity contribution >= 4 is 59.3 Å². The van der Waals surface area contributed by atoms with Gasteiger partial charge in [-0.05, 0) is 132 Å². The second kappa shape index (κ2) is 30.1. The number of carbonyl (C=O) groups is 9. The summed E-state index contributed by atoms with van der Waals surface area (Å²) >= 11 is 0. The number of unbranched alkanes of at least 4 members (excludes halogenated alkanes) is 3. The van der Waals surface area contributed by atoms with E-state index in [9.17, 15) is 62.1 Å². The second-order valence-corrected chi connectivity index (χ2v) is 31.3. The fraction of sp³-hybridized carbons (Fsp3) is 0.579. The third-order valence-electron chi connectivity index (χ3n) is 21.8. The Balaban J connectivity index is 0.801. The number of halogens is 3. The summed E-state index contributed by atoms with van der Waals surface area (Å²) in [5.74, 6) is -7.10. The van der Waals surface area contributed by atoms with Crippen LogP contribution >= 0.6 is 0 Å². The van der Waals surface area contributed by atoms with Gasteiger partial charge in [-0.1, -0.05) is 89.1 Å². The maximum atomic E-state index is 15.5. The van der Waals surface area contributed by atoms with Crippen molar-refractivity contribution in [2.24, 2.45) is 27.9 Å². The van der Waals surface area contributed by atoms with Crippen LogP contribution in [0.2, 0.25) is 0 Å². The van der Waals surface area contributed by atoms with Crippen LogP contribution < -0.4 is 16.4 Å². The molecule has 4 aromatic rings. The molecule has 26 nitrogen and oxygen atoms in total. The number of nitrogens with one attached hydrogen (secondary N) is 2. The lowest BCUT2D eigenvalue weighted by molar-refractivity contribution is -0.346. The first-order valence-corrected chi connectivity index (χ1v) is 35.5. The number of hydrogen-bond donors (Lipinski definition) is 6. The van der Waals surface area contributed by atoms with E-state index >= 15 is 9.59 Å². The van der Waals surface area contributed by atoms with Crippen LogP contribution in [0.3, 0.4) is 0 Å². The summed E-state index contributed by atoms with van der Waals surface area (Å²) in [6, 6.07) is 18.4. The van der Waals surface area contributed by atoms with Crippen molar-refractivity contribution < 1.29 is 105 Å². The minimum atomic E-state index is -4.89. The van der Waals surface area contributed by atoms with Gasteiger partial charge in [0.1, 0.15) is 47.8 Å². The Morgan fingerprint density at radius 1 is 0.819 bits per heavy atom. The molecule has 10 rings (SSSR count). The van der Waals surface area contributed by atoms with Crippen molar-refractivity contribution in [3.63, 3.8) is 0 Å². The van der Waals surface area contributed by atoms with Crippen molar-refractivity contribution in [2.45, 2.75) is 224 Å². The molecule has 0 radical (unpaired) electrons. The minimum absolute atomic E-state index is 0.0240. The molecule has 1 aliphatic heterocycles. The largest absolute Gasteiger partial charge is 0.455 e. The highest BCUT2D eigenvalue weighted by Gasteiger charge is 2.78. The molecule has 11 atom stereocenters. The number of anilines is 1. The summed E-state index contributed by atoms with van der Waals surface area (Å²) in [7, 11) is 3.05. The predicted octanol–water partition coefficient (Wildman–Crippen LogP) is 9.85. The van der Waals surface area contributed by atoms with Gasteiger partial charge in [0.25, 0.3) is 5.91 Å². The SMILES string of the molecule is CC(=O)O[C@@]12CO[C@@H]1C[C@H](O)[C@@]1(C)C(=O)[C@H](O)C3=C(C)[C@@H](OC(=O)[C@H](OC(=O)N(C)CCCCCCN(C)C(=O)OC4CCC(Nc5cc(-n6nc(C(F)(F)F)c7c6CC(C)(C)CC7=O)ccc5C(N)=O)CC4)[C@@H](NC(=O)OC(C)(C)C)c4ccccc4)C[C@@](O)([C@@H](OC(=O)c4ccccc4)C12)C3(C)C. The zero-order valence-corrected chi connectivity index (χ0v) is 61.3. The van der Waals surface area contributed by atoms with Gasteiger partial charge in [0.05, 0.1) is 52.1 Å². The van der Waals surface area contributed by atoms with Crippen LogP contribution in [0.25, 0.3) is 5.69 Å².